The van der Waals surface area contributed by atoms with Crippen molar-refractivity contribution in [3.63, 3.8) is 0 Å². The number of hydrogen-bond donors (Lipinski definition) is 7. The Morgan fingerprint density at radius 1 is 1.09 bits per heavy atom. The average molecular weight is 747 g/mol. The summed E-state index contributed by atoms with van der Waals surface area (Å²) in [6.07, 6.45) is 12.1. The molecule has 3 aliphatic heterocycles. The van der Waals surface area contributed by atoms with E-state index >= 15 is 0 Å². The highest BCUT2D eigenvalue weighted by Gasteiger charge is 2.46. The van der Waals surface area contributed by atoms with Gasteiger partial charge in [0.15, 0.2) is 17.7 Å². The van der Waals surface area contributed by atoms with Crippen molar-refractivity contribution in [3.05, 3.63) is 76.2 Å². The maximum Gasteiger partial charge on any atom is 0.191 e. The van der Waals surface area contributed by atoms with Crippen molar-refractivity contribution >= 4 is 16.7 Å². The molecule has 5 heterocycles. The van der Waals surface area contributed by atoms with Gasteiger partial charge in [0.05, 0.1) is 35.2 Å². The summed E-state index contributed by atoms with van der Waals surface area (Å²) >= 11 is 0. The summed E-state index contributed by atoms with van der Waals surface area (Å²) in [5.41, 5.74) is 12.4. The number of Topliss-reactive ketones (excluding diaryl/α,β-unsaturated/α-hetero) is 1. The number of phenolic OH excluding ortho intramolecular Hbond substituents is 1. The fourth-order valence-corrected chi connectivity index (χ4v) is 9.13. The van der Waals surface area contributed by atoms with Gasteiger partial charge in [0.1, 0.15) is 23.7 Å². The molecule has 8 N–H and O–H groups in total. The van der Waals surface area contributed by atoms with Gasteiger partial charge in [-0.2, -0.15) is 0 Å². The van der Waals surface area contributed by atoms with E-state index in [1.54, 1.807) is 6.07 Å². The lowest BCUT2D eigenvalue weighted by atomic mass is 9.73. The zero-order valence-corrected chi connectivity index (χ0v) is 31.2. The first-order valence-electron chi connectivity index (χ1n) is 19.7. The summed E-state index contributed by atoms with van der Waals surface area (Å²) in [6, 6.07) is 7.14. The second-order valence-electron chi connectivity index (χ2n) is 15.8. The number of benzene rings is 2. The highest BCUT2D eigenvalue weighted by atomic mass is 16.5. The zero-order valence-electron chi connectivity index (χ0n) is 31.2. The largest absolute Gasteiger partial charge is 0.508 e. The van der Waals surface area contributed by atoms with Gasteiger partial charge in [-0.15, -0.1) is 0 Å². The van der Waals surface area contributed by atoms with E-state index in [-0.39, 0.29) is 49.1 Å². The third-order valence-corrected chi connectivity index (χ3v) is 12.0. The van der Waals surface area contributed by atoms with Crippen LogP contribution in [0.2, 0.25) is 0 Å². The van der Waals surface area contributed by atoms with Crippen LogP contribution in [0.3, 0.4) is 0 Å². The predicted molar refractivity (Wildman–Crippen MR) is 207 cm³/mol. The number of rotatable bonds is 9. The topological polar surface area (TPSA) is 175 Å². The fraction of sp³-hybridized carbons (Fsp3) is 0.477. The van der Waals surface area contributed by atoms with E-state index in [0.29, 0.717) is 24.2 Å². The number of nitrogens with zero attached hydrogens (tertiary/aromatic N) is 1. The van der Waals surface area contributed by atoms with E-state index in [4.69, 9.17) is 15.2 Å². The van der Waals surface area contributed by atoms with Gasteiger partial charge < -0.3 is 45.2 Å². The molecule has 1 aliphatic carbocycles. The van der Waals surface area contributed by atoms with Crippen LogP contribution in [0.4, 0.5) is 0 Å². The van der Waals surface area contributed by atoms with E-state index < -0.39 is 35.9 Å². The highest BCUT2D eigenvalue weighted by Crippen LogP contribution is 2.51. The predicted octanol–water partition coefficient (Wildman–Crippen LogP) is 5.33. The minimum absolute atomic E-state index is 0.0552. The molecular weight excluding hydrogens is 697 g/mol. The number of nitrogens with one attached hydrogen (secondary N) is 2. The number of aromatic nitrogens is 2. The number of fused-ring (bicyclic) bond motifs is 8. The summed E-state index contributed by atoms with van der Waals surface area (Å²) < 4.78 is 15.1. The lowest BCUT2D eigenvalue weighted by molar-refractivity contribution is -0.121. The van der Waals surface area contributed by atoms with Crippen molar-refractivity contribution in [2.75, 3.05) is 6.54 Å². The van der Waals surface area contributed by atoms with Crippen LogP contribution in [-0.4, -0.2) is 54.5 Å². The number of aliphatic hydroxyl groups is 3. The Morgan fingerprint density at radius 3 is 2.73 bits per heavy atom. The first-order chi connectivity index (χ1) is 26.6. The van der Waals surface area contributed by atoms with Crippen LogP contribution in [0.25, 0.3) is 10.9 Å². The summed E-state index contributed by atoms with van der Waals surface area (Å²) in [7, 11) is 0. The summed E-state index contributed by atoms with van der Waals surface area (Å²) in [6.45, 7) is 2.71. The molecule has 6 atom stereocenters. The molecule has 0 radical (unpaired) electrons. The van der Waals surface area contributed by atoms with Crippen molar-refractivity contribution in [2.24, 2.45) is 17.1 Å². The minimum atomic E-state index is -1.06. The molecule has 1 fully saturated rings. The maximum atomic E-state index is 12.9. The standard InChI is InChI=1S/C44H50N4O7/c1-2-5-28(49)20-30(51)21-29(50)7-6-26-19-41-40(22-39(26)53)54-17-15-44(13-3-4-14-44)36-10-11-38(52)32-8-9-33-31(12-16-46-42(33)45)34(32)18-27-23-47-37-25-48(24-35(27)37)43(36)55-41/h8-9,19,22-25,28,30,36,38,42-43,46-47,49,51-53H,2-7,12-14,16,18,20-21,45H2,1H3. The number of carbonyl (C=O) groups excluding carboxylic acids is 1. The summed E-state index contributed by atoms with van der Waals surface area (Å²) in [5, 5.41) is 47.9. The number of carbonyl (C=O) groups is 1. The molecule has 1 spiro atoms. The van der Waals surface area contributed by atoms with Crippen LogP contribution in [0.15, 0.2) is 42.9 Å². The van der Waals surface area contributed by atoms with E-state index in [2.05, 4.69) is 40.4 Å². The van der Waals surface area contributed by atoms with Crippen molar-refractivity contribution in [3.8, 4) is 41.1 Å². The third kappa shape index (κ3) is 7.36. The molecule has 4 aromatic rings. The number of ketones is 1. The molecule has 0 saturated heterocycles. The maximum absolute atomic E-state index is 12.9. The van der Waals surface area contributed by atoms with E-state index in [9.17, 15) is 25.2 Å². The Labute approximate surface area is 321 Å². The smallest absolute Gasteiger partial charge is 0.191 e. The number of hydrogen-bond acceptors (Lipinski definition) is 9. The average Bonchev–Trinajstić information content (AvgIpc) is 3.90. The first-order valence-corrected chi connectivity index (χ1v) is 19.7. The second kappa shape index (κ2) is 15.4. The Morgan fingerprint density at radius 2 is 1.91 bits per heavy atom. The second-order valence-corrected chi connectivity index (χ2v) is 15.8. The quantitative estimate of drug-likeness (QED) is 0.112. The molecule has 55 heavy (non-hydrogen) atoms. The van der Waals surface area contributed by atoms with Crippen LogP contribution < -0.4 is 20.5 Å². The Bertz CT molecular complexity index is 2210. The molecule has 4 aliphatic rings. The molecule has 2 aromatic carbocycles. The molecule has 11 heteroatoms. The molecule has 2 bridgehead atoms. The SMILES string of the molecule is CCCC(O)CC(O)CC(=O)CCc1cc2c(cc1O)OC#CC1(CCCC1)C1C#CC(O)c3ccc4c(c3Cc3c[nH]c5cn(cc35)C1O2)CCNC4N. The lowest BCUT2D eigenvalue weighted by Crippen LogP contribution is -2.36. The Kier molecular flexibility index (Phi) is 10.4. The summed E-state index contributed by atoms with van der Waals surface area (Å²) in [5.74, 6) is 10.1. The van der Waals surface area contributed by atoms with E-state index in [0.717, 1.165) is 83.8 Å². The molecule has 0 amide bonds. The van der Waals surface area contributed by atoms with Crippen LogP contribution in [0.1, 0.15) is 117 Å². The van der Waals surface area contributed by atoms with Gasteiger partial charge in [0.25, 0.3) is 0 Å². The fourth-order valence-electron chi connectivity index (χ4n) is 9.13. The number of aromatic amines is 1. The van der Waals surface area contributed by atoms with Crippen LogP contribution in [0, 0.1) is 35.2 Å². The number of aliphatic hydroxyl groups excluding tert-OH is 3. The number of ether oxygens (including phenoxy) is 2. The number of H-pyrrole nitrogens is 1. The van der Waals surface area contributed by atoms with Gasteiger partial charge in [-0.05, 0) is 78.0 Å². The van der Waals surface area contributed by atoms with E-state index in [1.165, 1.54) is 6.07 Å². The van der Waals surface area contributed by atoms with Gasteiger partial charge in [-0.3, -0.25) is 10.1 Å². The van der Waals surface area contributed by atoms with Gasteiger partial charge in [0, 0.05) is 55.9 Å². The van der Waals surface area contributed by atoms with Crippen LogP contribution in [0.5, 0.6) is 17.2 Å². The van der Waals surface area contributed by atoms with Crippen molar-refractivity contribution in [1.82, 2.24) is 14.9 Å². The highest BCUT2D eigenvalue weighted by molar-refractivity contribution is 5.83. The number of nitrogens with two attached hydrogens (primary N) is 1. The molecule has 288 valence electrons. The van der Waals surface area contributed by atoms with Gasteiger partial charge in [0.2, 0.25) is 0 Å². The molecular formula is C44H50N4O7. The van der Waals surface area contributed by atoms with Crippen molar-refractivity contribution in [1.29, 1.82) is 0 Å². The van der Waals surface area contributed by atoms with Crippen LogP contribution in [-0.2, 0) is 24.1 Å². The number of aromatic hydroxyl groups is 1. The first kappa shape index (κ1) is 37.2. The minimum Gasteiger partial charge on any atom is -0.508 e. The molecule has 2 aromatic heterocycles. The molecule has 1 saturated carbocycles. The number of phenols is 1. The van der Waals surface area contributed by atoms with Crippen molar-refractivity contribution < 1.29 is 34.7 Å². The Hall–Kier alpha value is -4.75. The lowest BCUT2D eigenvalue weighted by Gasteiger charge is -2.35. The number of aryl methyl sites for hydroxylation is 1. The van der Waals surface area contributed by atoms with Gasteiger partial charge >= 0.3 is 0 Å². The van der Waals surface area contributed by atoms with Crippen molar-refractivity contribution in [2.45, 2.75) is 115 Å². The summed E-state index contributed by atoms with van der Waals surface area (Å²) in [4.78, 5) is 16.4. The monoisotopic (exact) mass is 746 g/mol. The molecule has 6 unspecified atom stereocenters. The molecule has 8 rings (SSSR count). The van der Waals surface area contributed by atoms with E-state index in [1.807, 2.05) is 36.0 Å². The van der Waals surface area contributed by atoms with Gasteiger partial charge in [-0.1, -0.05) is 56.1 Å². The van der Waals surface area contributed by atoms with Crippen LogP contribution >= 0.6 is 0 Å². The normalized spacial score (nSPS) is 23.3. The Balaban J connectivity index is 1.18. The zero-order chi connectivity index (χ0) is 38.3. The molecule has 11 nitrogen and oxygen atoms in total. The third-order valence-electron chi connectivity index (χ3n) is 12.0. The van der Waals surface area contributed by atoms with Gasteiger partial charge in [-0.25, -0.2) is 0 Å².